The minimum absolute atomic E-state index is 0.0306. The molecule has 0 aliphatic heterocycles. The molecule has 0 aromatic rings. The second-order valence-electron chi connectivity index (χ2n) is 18.9. The fourth-order valence-corrected chi connectivity index (χ4v) is 8.16. The van der Waals surface area contributed by atoms with E-state index in [9.17, 15) is 19.0 Å². The second-order valence-corrected chi connectivity index (χ2v) is 20.4. The molecule has 2 atom stereocenters. The molecule has 0 spiro atoms. The first kappa shape index (κ1) is 60.5. The summed E-state index contributed by atoms with van der Waals surface area (Å²) in [6, 6.07) is 0. The minimum atomic E-state index is -4.38. The summed E-state index contributed by atoms with van der Waals surface area (Å²) in [5, 5.41) is 0. The number of quaternary nitrogens is 1. The van der Waals surface area contributed by atoms with Gasteiger partial charge in [0, 0.05) is 12.8 Å². The number of phosphoric ester groups is 1. The maximum Gasteiger partial charge on any atom is 0.472 e. The van der Waals surface area contributed by atoms with E-state index in [1.54, 1.807) is 0 Å². The van der Waals surface area contributed by atoms with Crippen molar-refractivity contribution in [3.63, 3.8) is 0 Å². The van der Waals surface area contributed by atoms with Crippen LogP contribution in [0.3, 0.4) is 0 Å². The zero-order valence-electron chi connectivity index (χ0n) is 41.4. The molecule has 1 unspecified atom stereocenters. The average Bonchev–Trinajstić information content (AvgIpc) is 3.23. The van der Waals surface area contributed by atoms with Crippen molar-refractivity contribution in [2.24, 2.45) is 0 Å². The number of esters is 2. The summed E-state index contributed by atoms with van der Waals surface area (Å²) < 4.78 is 34.4. The van der Waals surface area contributed by atoms with Crippen molar-refractivity contribution in [1.82, 2.24) is 0 Å². The molecule has 0 aliphatic rings. The lowest BCUT2D eigenvalue weighted by Gasteiger charge is -2.24. The molecule has 0 aromatic carbocycles. The fraction of sp³-hybridized carbons (Fsp3) is 0.885. The third kappa shape index (κ3) is 48.0. The highest BCUT2D eigenvalue weighted by Gasteiger charge is 2.27. The normalized spacial score (nSPS) is 13.6. The number of ether oxygens (including phenoxy) is 2. The van der Waals surface area contributed by atoms with Gasteiger partial charge in [0.1, 0.15) is 19.8 Å². The van der Waals surface area contributed by atoms with Crippen molar-refractivity contribution in [3.05, 3.63) is 24.3 Å². The summed E-state index contributed by atoms with van der Waals surface area (Å²) in [4.78, 5) is 35.5. The van der Waals surface area contributed by atoms with Gasteiger partial charge in [-0.25, -0.2) is 4.57 Å². The number of unbranched alkanes of at least 4 members (excludes halogenated alkanes) is 31. The molecule has 0 amide bonds. The number of hydrogen-bond acceptors (Lipinski definition) is 7. The lowest BCUT2D eigenvalue weighted by Crippen LogP contribution is -2.37. The van der Waals surface area contributed by atoms with E-state index in [1.165, 1.54) is 154 Å². The largest absolute Gasteiger partial charge is 0.472 e. The lowest BCUT2D eigenvalue weighted by molar-refractivity contribution is -0.870. The SMILES string of the molecule is CCCCCC/C=C/C=C/CCCCCCCC(=O)O[C@@H](COC(=O)CCCCCCCCCCCCCCCCCCCCCCCCC)COP(=O)(O)OCC[N+](C)(C)C. The van der Waals surface area contributed by atoms with Crippen LogP contribution in [0.2, 0.25) is 0 Å². The van der Waals surface area contributed by atoms with Gasteiger partial charge in [-0.15, -0.1) is 0 Å². The van der Waals surface area contributed by atoms with E-state index >= 15 is 0 Å². The molecule has 0 saturated heterocycles. The van der Waals surface area contributed by atoms with Gasteiger partial charge in [0.15, 0.2) is 6.10 Å². The summed E-state index contributed by atoms with van der Waals surface area (Å²) in [5.74, 6) is -0.804. The van der Waals surface area contributed by atoms with Crippen LogP contribution in [0.4, 0.5) is 0 Å². The van der Waals surface area contributed by atoms with Crippen LogP contribution in [0.25, 0.3) is 0 Å². The number of phosphoric acid groups is 1. The first-order chi connectivity index (χ1) is 30.0. The zero-order valence-corrected chi connectivity index (χ0v) is 42.3. The van der Waals surface area contributed by atoms with E-state index in [0.717, 1.165) is 57.8 Å². The molecule has 0 aromatic heterocycles. The van der Waals surface area contributed by atoms with Crippen molar-refractivity contribution in [1.29, 1.82) is 0 Å². The Bertz CT molecular complexity index is 1110. The Labute approximate surface area is 383 Å². The van der Waals surface area contributed by atoms with E-state index in [1.807, 2.05) is 21.1 Å². The predicted molar refractivity (Wildman–Crippen MR) is 261 cm³/mol. The number of likely N-dealkylation sites (N-methyl/N-ethyl adjacent to an activating group) is 1. The van der Waals surface area contributed by atoms with Gasteiger partial charge in [0.2, 0.25) is 0 Å². The van der Waals surface area contributed by atoms with Crippen LogP contribution in [0, 0.1) is 0 Å². The van der Waals surface area contributed by atoms with E-state index in [0.29, 0.717) is 23.9 Å². The molecule has 9 nitrogen and oxygen atoms in total. The maximum absolute atomic E-state index is 12.7. The maximum atomic E-state index is 12.7. The molecule has 0 rings (SSSR count). The van der Waals surface area contributed by atoms with Crippen molar-refractivity contribution < 1.29 is 42.1 Å². The Kier molecular flexibility index (Phi) is 43.6. The van der Waals surface area contributed by atoms with E-state index in [4.69, 9.17) is 18.5 Å². The molecular weight excluding hydrogens is 798 g/mol. The van der Waals surface area contributed by atoms with Gasteiger partial charge in [-0.1, -0.05) is 218 Å². The van der Waals surface area contributed by atoms with Crippen LogP contribution in [0.1, 0.15) is 245 Å². The molecule has 0 saturated carbocycles. The van der Waals surface area contributed by atoms with Gasteiger partial charge in [-0.05, 0) is 38.5 Å². The highest BCUT2D eigenvalue weighted by atomic mass is 31.2. The Morgan fingerprint density at radius 3 is 1.26 bits per heavy atom. The third-order valence-corrected chi connectivity index (χ3v) is 12.5. The Morgan fingerprint density at radius 1 is 0.500 bits per heavy atom. The number of carbonyl (C=O) groups is 2. The van der Waals surface area contributed by atoms with Crippen molar-refractivity contribution in [3.8, 4) is 0 Å². The molecule has 62 heavy (non-hydrogen) atoms. The summed E-state index contributed by atoms with van der Waals surface area (Å²) in [5.41, 5.74) is 0. The van der Waals surface area contributed by atoms with Gasteiger partial charge < -0.3 is 18.9 Å². The smallest absolute Gasteiger partial charge is 0.462 e. The molecule has 0 fully saturated rings. The van der Waals surface area contributed by atoms with Gasteiger partial charge in [-0.3, -0.25) is 18.6 Å². The van der Waals surface area contributed by atoms with Crippen molar-refractivity contribution >= 4 is 19.8 Å². The molecule has 1 N–H and O–H groups in total. The summed E-state index contributed by atoms with van der Waals surface area (Å²) >= 11 is 0. The molecule has 0 bridgehead atoms. The number of allylic oxidation sites excluding steroid dienone is 4. The summed E-state index contributed by atoms with van der Waals surface area (Å²) in [6.07, 6.45) is 50.9. The lowest BCUT2D eigenvalue weighted by atomic mass is 10.0. The van der Waals surface area contributed by atoms with Crippen LogP contribution in [0.5, 0.6) is 0 Å². The van der Waals surface area contributed by atoms with Crippen LogP contribution < -0.4 is 0 Å². The van der Waals surface area contributed by atoms with Crippen LogP contribution in [0.15, 0.2) is 24.3 Å². The Balaban J connectivity index is 4.18. The molecule has 0 aliphatic carbocycles. The van der Waals surface area contributed by atoms with Gasteiger partial charge >= 0.3 is 19.8 Å². The number of rotatable bonds is 48. The fourth-order valence-electron chi connectivity index (χ4n) is 7.42. The monoisotopic (exact) mass is 899 g/mol. The quantitative estimate of drug-likeness (QED) is 0.0211. The van der Waals surface area contributed by atoms with Gasteiger partial charge in [0.05, 0.1) is 27.7 Å². The summed E-state index contributed by atoms with van der Waals surface area (Å²) in [6.45, 7) is 4.42. The first-order valence-corrected chi connectivity index (χ1v) is 27.6. The summed E-state index contributed by atoms with van der Waals surface area (Å²) in [7, 11) is 1.48. The Hall–Kier alpha value is -1.51. The molecule has 0 heterocycles. The zero-order chi connectivity index (χ0) is 45.7. The highest BCUT2D eigenvalue weighted by molar-refractivity contribution is 7.47. The first-order valence-electron chi connectivity index (χ1n) is 26.1. The van der Waals surface area contributed by atoms with Crippen LogP contribution in [-0.2, 0) is 32.7 Å². The van der Waals surface area contributed by atoms with Crippen LogP contribution >= 0.6 is 7.82 Å². The average molecular weight is 899 g/mol. The molecule has 0 radical (unpaired) electrons. The Morgan fingerprint density at radius 2 is 0.855 bits per heavy atom. The van der Waals surface area contributed by atoms with Crippen molar-refractivity contribution in [2.75, 3.05) is 47.5 Å². The molecular formula is C52H101NO8P+. The third-order valence-electron chi connectivity index (χ3n) is 11.5. The van der Waals surface area contributed by atoms with E-state index in [-0.39, 0.29) is 25.6 Å². The second kappa shape index (κ2) is 44.7. The number of nitrogens with zero attached hydrogens (tertiary/aromatic N) is 1. The number of carbonyl (C=O) groups excluding carboxylic acids is 2. The van der Waals surface area contributed by atoms with Gasteiger partial charge in [-0.2, -0.15) is 0 Å². The van der Waals surface area contributed by atoms with Crippen molar-refractivity contribution in [2.45, 2.75) is 251 Å². The standard InChI is InChI=1S/C52H100NO8P/c1-6-8-10-12-14-16-18-20-22-23-24-25-26-27-28-29-31-32-34-36-38-40-42-44-51(54)58-48-50(49-60-62(56,57)59-47-46-53(3,4)5)61-52(55)45-43-41-39-37-35-33-30-21-19-17-15-13-11-9-7-2/h17,19,21,30,50H,6-16,18,20,22-29,31-49H2,1-5H3/p+1/b19-17+,30-21+/t50-/m0/s1. The van der Waals surface area contributed by atoms with Crippen LogP contribution in [-0.4, -0.2) is 74.9 Å². The number of hydrogen-bond donors (Lipinski definition) is 1. The van der Waals surface area contributed by atoms with Gasteiger partial charge in [0.25, 0.3) is 0 Å². The van der Waals surface area contributed by atoms with E-state index in [2.05, 4.69) is 38.2 Å². The minimum Gasteiger partial charge on any atom is -0.462 e. The topological polar surface area (TPSA) is 108 Å². The molecule has 10 heteroatoms. The highest BCUT2D eigenvalue weighted by Crippen LogP contribution is 2.43. The predicted octanol–water partition coefficient (Wildman–Crippen LogP) is 15.5. The molecule has 366 valence electrons. The van der Waals surface area contributed by atoms with E-state index < -0.39 is 26.5 Å².